The quantitative estimate of drug-likeness (QED) is 0.223. The van der Waals surface area contributed by atoms with Crippen molar-refractivity contribution in [2.75, 3.05) is 0 Å². The van der Waals surface area contributed by atoms with Crippen LogP contribution in [0.3, 0.4) is 0 Å². The van der Waals surface area contributed by atoms with Crippen LogP contribution >= 0.6 is 0 Å². The van der Waals surface area contributed by atoms with Gasteiger partial charge in [-0.1, -0.05) is 96.8 Å². The molecule has 0 saturated carbocycles. The van der Waals surface area contributed by atoms with Gasteiger partial charge >= 0.3 is 0 Å². The molecule has 0 amide bonds. The highest BCUT2D eigenvalue weighted by Gasteiger charge is 2.17. The average molecular weight is 539 g/mol. The Bertz CT molecular complexity index is 2870. The molecule has 0 aliphatic rings. The van der Waals surface area contributed by atoms with Gasteiger partial charge in [0.05, 0.1) is 37.1 Å². The van der Waals surface area contributed by atoms with E-state index in [0.29, 0.717) is 38.6 Å². The summed E-state index contributed by atoms with van der Waals surface area (Å²) >= 11 is 0. The summed E-state index contributed by atoms with van der Waals surface area (Å²) in [5.74, 6) is 0. The van der Waals surface area contributed by atoms with Gasteiger partial charge in [-0.15, -0.1) is 0 Å². The molecule has 2 aromatic heterocycles. The summed E-state index contributed by atoms with van der Waals surface area (Å²) in [6, 6.07) is 8.39. The number of fused-ring (bicyclic) bond motifs is 4. The molecule has 0 fully saturated rings. The molecule has 6 aromatic carbocycles. The first-order chi connectivity index (χ1) is 26.5. The summed E-state index contributed by atoms with van der Waals surface area (Å²) in [6.45, 7) is 0. The Hall–Kier alpha value is -5.54. The monoisotopic (exact) mass is 538 g/mol. The fourth-order valence-electron chi connectivity index (χ4n) is 4.99. The second kappa shape index (κ2) is 9.58. The van der Waals surface area contributed by atoms with Gasteiger partial charge in [-0.3, -0.25) is 4.57 Å². The molecule has 0 aliphatic carbocycles. The second-order valence-corrected chi connectivity index (χ2v) is 9.22. The zero-order valence-corrected chi connectivity index (χ0v) is 21.1. The van der Waals surface area contributed by atoms with Gasteiger partial charge in [0.25, 0.3) is 0 Å². The normalized spacial score (nSPS) is 16.5. The third-order valence-corrected chi connectivity index (χ3v) is 6.81. The van der Waals surface area contributed by atoms with Crippen LogP contribution in [0, 0.1) is 0 Å². The Morgan fingerprint density at radius 1 is 0.488 bits per heavy atom. The molecular weight excluding hydrogens is 498 g/mol. The Labute approximate surface area is 259 Å². The van der Waals surface area contributed by atoms with Crippen LogP contribution in [0.5, 0.6) is 0 Å². The lowest BCUT2D eigenvalue weighted by molar-refractivity contribution is 1.14. The van der Waals surface area contributed by atoms with Crippen molar-refractivity contribution in [2.45, 2.75) is 0 Å². The second-order valence-electron chi connectivity index (χ2n) is 9.22. The topological polar surface area (TPSA) is 30.7 Å². The smallest absolute Gasteiger partial charge is 0.165 e. The van der Waals surface area contributed by atoms with Crippen LogP contribution in [0.2, 0.25) is 0 Å². The third kappa shape index (κ3) is 4.07. The van der Waals surface area contributed by atoms with Gasteiger partial charge in [0, 0.05) is 11.1 Å². The van der Waals surface area contributed by atoms with Gasteiger partial charge in [0.15, 0.2) is 5.65 Å². The van der Waals surface area contributed by atoms with E-state index in [1.165, 1.54) is 10.6 Å². The lowest BCUT2D eigenvalue weighted by Gasteiger charge is -2.12. The molecule has 3 heteroatoms. The van der Waals surface area contributed by atoms with E-state index in [9.17, 15) is 0 Å². The lowest BCUT2D eigenvalue weighted by atomic mass is 9.93. The van der Waals surface area contributed by atoms with E-state index < -0.39 is 90.6 Å². The average Bonchev–Trinajstić information content (AvgIpc) is 3.50. The number of para-hydroxylation sites is 3. The number of benzene rings is 6. The maximum absolute atomic E-state index is 8.87. The van der Waals surface area contributed by atoms with E-state index >= 15 is 0 Å². The molecule has 192 valence electrons. The van der Waals surface area contributed by atoms with Gasteiger partial charge in [-0.2, -0.15) is 0 Å². The molecule has 0 saturated heterocycles. The zero-order valence-electron chi connectivity index (χ0n) is 36.1. The fraction of sp³-hybridized carbons (Fsp3) is 0. The van der Waals surface area contributed by atoms with Gasteiger partial charge in [0.2, 0.25) is 0 Å². The molecule has 0 radical (unpaired) electrons. The molecule has 41 heavy (non-hydrogen) atoms. The Balaban J connectivity index is 1.50. The Morgan fingerprint density at radius 2 is 1.02 bits per heavy atom. The first-order valence-corrected chi connectivity index (χ1v) is 12.6. The molecular formula is C38H25N3. The molecule has 0 atom stereocenters. The molecule has 8 rings (SSSR count). The summed E-state index contributed by atoms with van der Waals surface area (Å²) < 4.78 is 129. The van der Waals surface area contributed by atoms with Gasteiger partial charge in [-0.05, 0) is 87.9 Å². The van der Waals surface area contributed by atoms with E-state index in [1.54, 1.807) is 54.6 Å². The fourth-order valence-corrected chi connectivity index (χ4v) is 4.99. The predicted octanol–water partition coefficient (Wildman–Crippen LogP) is 9.73. The number of rotatable bonds is 4. The molecule has 0 N–H and O–H groups in total. The van der Waals surface area contributed by atoms with Crippen LogP contribution in [0.1, 0.15) is 20.6 Å². The maximum Gasteiger partial charge on any atom is 0.165 e. The molecule has 0 unspecified atom stereocenters. The van der Waals surface area contributed by atoms with Gasteiger partial charge in [-0.25, -0.2) is 9.97 Å². The molecule has 2 heterocycles. The van der Waals surface area contributed by atoms with Crippen LogP contribution in [0.25, 0.3) is 72.2 Å². The van der Waals surface area contributed by atoms with Crippen molar-refractivity contribution in [1.82, 2.24) is 14.5 Å². The van der Waals surface area contributed by atoms with Crippen molar-refractivity contribution in [3.8, 4) is 39.1 Å². The first kappa shape index (κ1) is 12.8. The van der Waals surface area contributed by atoms with Crippen molar-refractivity contribution in [1.29, 1.82) is 0 Å². The van der Waals surface area contributed by atoms with Crippen molar-refractivity contribution in [2.24, 2.45) is 0 Å². The Kier molecular flexibility index (Phi) is 2.98. The van der Waals surface area contributed by atoms with Gasteiger partial charge in [0.1, 0.15) is 5.52 Å². The van der Waals surface area contributed by atoms with Crippen LogP contribution in [0.4, 0.5) is 0 Å². The number of nitrogens with zero attached hydrogens (tertiary/aromatic N) is 3. The summed E-state index contributed by atoms with van der Waals surface area (Å²) in [5.41, 5.74) is 2.39. The molecule has 8 aromatic rings. The minimum atomic E-state index is -0.605. The highest BCUT2D eigenvalue weighted by atomic mass is 15.1. The minimum absolute atomic E-state index is 0.0992. The molecule has 0 aliphatic heterocycles. The van der Waals surface area contributed by atoms with Crippen LogP contribution < -0.4 is 0 Å². The highest BCUT2D eigenvalue weighted by molar-refractivity contribution is 6.08. The molecule has 0 spiro atoms. The lowest BCUT2D eigenvalue weighted by Crippen LogP contribution is -1.96. The molecule has 3 nitrogen and oxygen atoms in total. The van der Waals surface area contributed by atoms with E-state index in [-0.39, 0.29) is 33.6 Å². The summed E-state index contributed by atoms with van der Waals surface area (Å²) in [7, 11) is 0. The highest BCUT2D eigenvalue weighted by Crippen LogP contribution is 2.37. The summed E-state index contributed by atoms with van der Waals surface area (Å²) in [4.78, 5) is 9.68. The SMILES string of the molecule is [2H]c1c([2H])c([2H])c(-c2cc(-c3ccc4c5nc6ccccc6nc5n(-c5c([2H])c([2H])c([2H])c([2H])c5[2H])c4c3)cc(-c3c([2H])c([2H])c([2H])c([2H])c3[2H])c2)c([2H])c1[2H]. The standard InChI is InChI=1S/C38H25N3/c1-4-12-26(13-5-1)29-22-30(27-14-6-2-7-15-27)24-31(23-29)28-20-21-33-36(25-28)41(32-16-8-3-9-17-32)38-37(33)39-34-18-10-11-19-35(34)40-38/h1-25H/i1D,2D,3D,4D,5D,6D,7D,8D,9D,12D,13D,14D,15D,16D,17D. The summed E-state index contributed by atoms with van der Waals surface area (Å²) in [6.07, 6.45) is 0. The van der Waals surface area contributed by atoms with Crippen LogP contribution in [0.15, 0.2) is 151 Å². The van der Waals surface area contributed by atoms with E-state index in [4.69, 9.17) is 30.5 Å². The van der Waals surface area contributed by atoms with Crippen LogP contribution in [-0.4, -0.2) is 14.5 Å². The van der Waals surface area contributed by atoms with Gasteiger partial charge < -0.3 is 0 Å². The number of hydrogen-bond donors (Lipinski definition) is 0. The maximum atomic E-state index is 8.87. The number of aromatic nitrogens is 3. The van der Waals surface area contributed by atoms with Crippen molar-refractivity contribution < 1.29 is 20.6 Å². The summed E-state index contributed by atoms with van der Waals surface area (Å²) in [5, 5.41) is 0.515. The van der Waals surface area contributed by atoms with Crippen molar-refractivity contribution in [3.63, 3.8) is 0 Å². The van der Waals surface area contributed by atoms with Crippen molar-refractivity contribution in [3.05, 3.63) is 151 Å². The third-order valence-electron chi connectivity index (χ3n) is 6.81. The number of hydrogen-bond acceptors (Lipinski definition) is 2. The zero-order chi connectivity index (χ0) is 40.2. The largest absolute Gasteiger partial charge is 0.293 e. The van der Waals surface area contributed by atoms with E-state index in [1.807, 2.05) is 0 Å². The molecule has 0 bridgehead atoms. The Morgan fingerprint density at radius 3 is 1.63 bits per heavy atom. The first-order valence-electron chi connectivity index (χ1n) is 20.1. The van der Waals surface area contributed by atoms with Crippen LogP contribution in [-0.2, 0) is 0 Å². The van der Waals surface area contributed by atoms with E-state index in [0.717, 1.165) is 0 Å². The minimum Gasteiger partial charge on any atom is -0.293 e. The van der Waals surface area contributed by atoms with E-state index in [2.05, 4.69) is 0 Å². The predicted molar refractivity (Wildman–Crippen MR) is 170 cm³/mol. The van der Waals surface area contributed by atoms with Crippen molar-refractivity contribution >= 4 is 33.1 Å².